The van der Waals surface area contributed by atoms with Gasteiger partial charge in [-0.25, -0.2) is 4.99 Å². The van der Waals surface area contributed by atoms with Crippen LogP contribution in [0.5, 0.6) is 0 Å². The SMILES string of the molecule is C1=CCC(C2NC(c3ccccc3N3C4=CC5=CC=CCC5C(N5C6=C(C=CCC6)C6C=CC=CC65)C4C4=C3CCC=C4)=NC(c3cccc4ccccc34)N2)C=C1. The van der Waals surface area contributed by atoms with Gasteiger partial charge in [-0.05, 0) is 89.8 Å². The molecule has 0 saturated carbocycles. The standard InChI is InChI=1S/C53H49N5/c1-2-18-35(19-3-1)51-54-52(41-28-16-21-34-17-4-6-22-37(34)41)56-53(55-51)43-27-11-15-32-47(43)57-46-31-14-10-26-42(46)49-48(57)33-36-20-5-7-23-38(36)50(49)58-44-29-12-8-24-39(44)40-25-9-13-30-45(40)58/h1-12,15-18,20-22,24-29,32-33,35,38-39,44,49-52,54H,13-14,19,23,30-31H2,(H,55,56). The van der Waals surface area contributed by atoms with Crippen LogP contribution in [0.3, 0.4) is 0 Å². The predicted octanol–water partition coefficient (Wildman–Crippen LogP) is 10.8. The van der Waals surface area contributed by atoms with Gasteiger partial charge < -0.3 is 15.1 Å². The Kier molecular flexibility index (Phi) is 8.18. The number of anilines is 1. The monoisotopic (exact) mass is 755 g/mol. The number of para-hydroxylation sites is 1. The van der Waals surface area contributed by atoms with E-state index in [0.717, 1.165) is 49.9 Å². The average Bonchev–Trinajstić information content (AvgIpc) is 3.81. The second-order valence-corrected chi connectivity index (χ2v) is 17.2. The Bertz CT molecular complexity index is 2590. The Morgan fingerprint density at radius 3 is 2.45 bits per heavy atom. The number of benzene rings is 3. The first kappa shape index (κ1) is 34.2. The van der Waals surface area contributed by atoms with E-state index in [4.69, 9.17) is 4.99 Å². The van der Waals surface area contributed by atoms with Crippen molar-refractivity contribution in [2.24, 2.45) is 28.7 Å². The summed E-state index contributed by atoms with van der Waals surface area (Å²) in [5.74, 6) is 2.33. The fourth-order valence-electron chi connectivity index (χ4n) is 11.6. The Hall–Kier alpha value is -5.91. The maximum absolute atomic E-state index is 5.61. The van der Waals surface area contributed by atoms with Crippen molar-refractivity contribution in [2.75, 3.05) is 4.90 Å². The van der Waals surface area contributed by atoms with Crippen LogP contribution in [-0.4, -0.2) is 29.0 Å². The number of amidine groups is 1. The molecule has 286 valence electrons. The maximum Gasteiger partial charge on any atom is 0.133 e. The second kappa shape index (κ2) is 13.9. The molecule has 0 fully saturated rings. The van der Waals surface area contributed by atoms with Crippen LogP contribution in [-0.2, 0) is 0 Å². The molecule has 0 saturated heterocycles. The molecular formula is C53H49N5. The number of nitrogens with zero attached hydrogens (tertiary/aromatic N) is 3. The molecule has 5 nitrogen and oxygen atoms in total. The zero-order valence-corrected chi connectivity index (χ0v) is 32.8. The van der Waals surface area contributed by atoms with Gasteiger partial charge in [-0.2, -0.15) is 0 Å². The minimum absolute atomic E-state index is 0.00961. The molecule has 0 aromatic heterocycles. The first-order chi connectivity index (χ1) is 28.8. The lowest BCUT2D eigenvalue weighted by Gasteiger charge is -2.49. The molecule has 3 aromatic rings. The number of aliphatic imine (C=N–C) groups is 1. The van der Waals surface area contributed by atoms with Gasteiger partial charge in [0, 0.05) is 52.4 Å². The summed E-state index contributed by atoms with van der Waals surface area (Å²) >= 11 is 0. The molecule has 3 aromatic carbocycles. The zero-order valence-electron chi connectivity index (χ0n) is 32.8. The molecular weight excluding hydrogens is 707 g/mol. The van der Waals surface area contributed by atoms with E-state index < -0.39 is 0 Å². The normalized spacial score (nSPS) is 31.4. The van der Waals surface area contributed by atoms with Gasteiger partial charge in [0.2, 0.25) is 0 Å². The van der Waals surface area contributed by atoms with Crippen LogP contribution in [0, 0.1) is 23.7 Å². The van der Waals surface area contributed by atoms with E-state index >= 15 is 0 Å². The molecule has 5 heteroatoms. The molecule has 2 N–H and O–H groups in total. The quantitative estimate of drug-likeness (QED) is 0.272. The molecule has 3 aliphatic heterocycles. The molecule has 8 atom stereocenters. The number of hydrogen-bond donors (Lipinski definition) is 2. The highest BCUT2D eigenvalue weighted by molar-refractivity contribution is 6.05. The summed E-state index contributed by atoms with van der Waals surface area (Å²) in [6.07, 6.45) is 44.1. The van der Waals surface area contributed by atoms with E-state index in [-0.39, 0.29) is 18.2 Å². The highest BCUT2D eigenvalue weighted by Crippen LogP contribution is 2.57. The lowest BCUT2D eigenvalue weighted by molar-refractivity contribution is 0.137. The van der Waals surface area contributed by atoms with Gasteiger partial charge in [0.15, 0.2) is 0 Å². The van der Waals surface area contributed by atoms with Gasteiger partial charge in [0.05, 0.1) is 17.9 Å². The molecule has 8 unspecified atom stereocenters. The van der Waals surface area contributed by atoms with E-state index in [1.165, 1.54) is 50.1 Å². The highest BCUT2D eigenvalue weighted by atomic mass is 15.3. The third kappa shape index (κ3) is 5.36. The van der Waals surface area contributed by atoms with Crippen LogP contribution in [0.25, 0.3) is 10.8 Å². The molecule has 0 amide bonds. The Morgan fingerprint density at radius 1 is 0.707 bits per heavy atom. The summed E-state index contributed by atoms with van der Waals surface area (Å²) < 4.78 is 0. The van der Waals surface area contributed by atoms with Gasteiger partial charge in [0.25, 0.3) is 0 Å². The Balaban J connectivity index is 1.01. The predicted molar refractivity (Wildman–Crippen MR) is 237 cm³/mol. The summed E-state index contributed by atoms with van der Waals surface area (Å²) in [6, 6.07) is 25.1. The second-order valence-electron chi connectivity index (χ2n) is 17.2. The minimum atomic E-state index is -0.204. The van der Waals surface area contributed by atoms with Crippen molar-refractivity contribution in [3.05, 3.63) is 209 Å². The van der Waals surface area contributed by atoms with Gasteiger partial charge in [0.1, 0.15) is 12.0 Å². The van der Waals surface area contributed by atoms with E-state index in [0.29, 0.717) is 29.8 Å². The number of allylic oxidation sites excluding steroid dienone is 15. The number of nitrogens with one attached hydrogen (secondary N) is 2. The molecule has 58 heavy (non-hydrogen) atoms. The summed E-state index contributed by atoms with van der Waals surface area (Å²) in [5.41, 5.74) is 12.5. The first-order valence-electron chi connectivity index (χ1n) is 21.6. The lowest BCUT2D eigenvalue weighted by atomic mass is 9.70. The average molecular weight is 756 g/mol. The third-order valence-electron chi connectivity index (χ3n) is 14.1. The van der Waals surface area contributed by atoms with Crippen LogP contribution in [0.15, 0.2) is 203 Å². The minimum Gasteiger partial charge on any atom is -0.363 e. The molecule has 0 bridgehead atoms. The van der Waals surface area contributed by atoms with Crippen molar-refractivity contribution in [3.63, 3.8) is 0 Å². The zero-order chi connectivity index (χ0) is 38.2. The van der Waals surface area contributed by atoms with Crippen molar-refractivity contribution in [1.29, 1.82) is 0 Å². The number of hydrogen-bond acceptors (Lipinski definition) is 5. The number of rotatable bonds is 5. The molecule has 0 radical (unpaired) electrons. The number of fused-ring (bicyclic) bond motifs is 6. The molecule has 12 rings (SSSR count). The van der Waals surface area contributed by atoms with Crippen LogP contribution in [0.4, 0.5) is 5.69 Å². The molecule has 0 spiro atoms. The maximum atomic E-state index is 5.61. The first-order valence-corrected chi connectivity index (χ1v) is 21.6. The van der Waals surface area contributed by atoms with E-state index in [9.17, 15) is 0 Å². The topological polar surface area (TPSA) is 42.9 Å². The molecule has 9 aliphatic rings. The van der Waals surface area contributed by atoms with Gasteiger partial charge in [-0.3, -0.25) is 5.32 Å². The van der Waals surface area contributed by atoms with Crippen LogP contribution >= 0.6 is 0 Å². The highest BCUT2D eigenvalue weighted by Gasteiger charge is 2.53. The van der Waals surface area contributed by atoms with E-state index in [1.807, 2.05) is 0 Å². The van der Waals surface area contributed by atoms with Gasteiger partial charge >= 0.3 is 0 Å². The fraction of sp³-hybridized carbons (Fsp3) is 0.264. The smallest absolute Gasteiger partial charge is 0.133 e. The van der Waals surface area contributed by atoms with E-state index in [2.05, 4.69) is 184 Å². The van der Waals surface area contributed by atoms with Crippen molar-refractivity contribution in [3.8, 4) is 0 Å². The summed E-state index contributed by atoms with van der Waals surface area (Å²) in [6.45, 7) is 0. The van der Waals surface area contributed by atoms with Crippen LogP contribution in [0.2, 0.25) is 0 Å². The summed E-state index contributed by atoms with van der Waals surface area (Å²) in [4.78, 5) is 11.2. The fourth-order valence-corrected chi connectivity index (χ4v) is 11.6. The Labute approximate surface area is 342 Å². The third-order valence-corrected chi connectivity index (χ3v) is 14.1. The summed E-state index contributed by atoms with van der Waals surface area (Å²) in [7, 11) is 0. The van der Waals surface area contributed by atoms with Crippen molar-refractivity contribution >= 4 is 22.3 Å². The van der Waals surface area contributed by atoms with Gasteiger partial charge in [-0.15, -0.1) is 0 Å². The van der Waals surface area contributed by atoms with E-state index in [1.54, 1.807) is 5.70 Å². The molecule has 6 aliphatic carbocycles. The van der Waals surface area contributed by atoms with Crippen LogP contribution < -0.4 is 15.5 Å². The Morgan fingerprint density at radius 2 is 1.52 bits per heavy atom. The van der Waals surface area contributed by atoms with Crippen molar-refractivity contribution in [2.45, 2.75) is 62.9 Å². The van der Waals surface area contributed by atoms with Gasteiger partial charge in [-0.1, -0.05) is 146 Å². The summed E-state index contributed by atoms with van der Waals surface area (Å²) in [5, 5.41) is 10.4. The largest absolute Gasteiger partial charge is 0.363 e. The van der Waals surface area contributed by atoms with Crippen molar-refractivity contribution in [1.82, 2.24) is 15.5 Å². The molecule has 3 heterocycles. The van der Waals surface area contributed by atoms with Crippen molar-refractivity contribution < 1.29 is 0 Å². The van der Waals surface area contributed by atoms with Crippen LogP contribution in [0.1, 0.15) is 55.8 Å². The lowest BCUT2D eigenvalue weighted by Crippen LogP contribution is -2.55.